The van der Waals surface area contributed by atoms with E-state index in [1.807, 2.05) is 0 Å². The molecule has 0 spiro atoms. The Morgan fingerprint density at radius 1 is 0.417 bits per heavy atom. The van der Waals surface area contributed by atoms with E-state index >= 15 is 0 Å². The standard InChI is InChI=1S/C55H32N4O/c1-2-12-32(13-3-1)52-43-31-46(56-55(57-52)59-47-20-10-8-18-38(47)39-19-9-11-21-48(39)59)42-25-24-41-45-27-34-15-5-7-17-36(34)30-51(45)60-54(41)53(42)58-49-29-37(43)22-23-40(49)44-26-33-14-4-6-16-35(33)28-50(44)58/h1-30H,31H2. The van der Waals surface area contributed by atoms with Crippen LogP contribution in [0.5, 0.6) is 0 Å². The quantitative estimate of drug-likeness (QED) is 0.164. The summed E-state index contributed by atoms with van der Waals surface area (Å²) >= 11 is 0. The smallest absolute Gasteiger partial charge is 0.235 e. The molecule has 9 aromatic carbocycles. The average molecular weight is 765 g/mol. The highest BCUT2D eigenvalue weighted by Crippen LogP contribution is 2.46. The van der Waals surface area contributed by atoms with Crippen LogP contribution < -0.4 is 0 Å². The summed E-state index contributed by atoms with van der Waals surface area (Å²) in [5.74, 6) is 0.628. The minimum Gasteiger partial charge on any atom is -0.454 e. The third kappa shape index (κ3) is 4.35. The summed E-state index contributed by atoms with van der Waals surface area (Å²) in [6.45, 7) is 0. The molecule has 5 heterocycles. The number of rotatable bonds is 1. The number of allylic oxidation sites excluding steroid dienone is 1. The number of fused-ring (bicyclic) bond motifs is 19. The Balaban J connectivity index is 1.18. The van der Waals surface area contributed by atoms with Crippen molar-refractivity contribution in [3.63, 3.8) is 0 Å². The van der Waals surface area contributed by atoms with E-state index in [0.717, 1.165) is 88.8 Å². The van der Waals surface area contributed by atoms with Crippen molar-refractivity contribution in [3.8, 4) is 5.69 Å². The van der Waals surface area contributed by atoms with Gasteiger partial charge in [0.1, 0.15) is 5.58 Å². The summed E-state index contributed by atoms with van der Waals surface area (Å²) in [5, 5.41) is 11.6. The van der Waals surface area contributed by atoms with Gasteiger partial charge in [-0.1, -0.05) is 133 Å². The molecule has 0 atom stereocenters. The molecule has 3 aromatic heterocycles. The maximum atomic E-state index is 7.16. The van der Waals surface area contributed by atoms with E-state index in [1.54, 1.807) is 0 Å². The van der Waals surface area contributed by atoms with Crippen LogP contribution in [-0.2, 0) is 0 Å². The van der Waals surface area contributed by atoms with Crippen molar-refractivity contribution in [1.29, 1.82) is 0 Å². The lowest BCUT2D eigenvalue weighted by Crippen LogP contribution is -2.14. The first kappa shape index (κ1) is 32.0. The second-order valence-electron chi connectivity index (χ2n) is 16.1. The van der Waals surface area contributed by atoms with Gasteiger partial charge in [0.15, 0.2) is 5.58 Å². The zero-order valence-corrected chi connectivity index (χ0v) is 32.2. The zero-order valence-electron chi connectivity index (χ0n) is 32.2. The van der Waals surface area contributed by atoms with Gasteiger partial charge in [-0.15, -0.1) is 0 Å². The number of hydrogen-bond acceptors (Lipinski definition) is 3. The van der Waals surface area contributed by atoms with Crippen LogP contribution in [0, 0.1) is 0 Å². The highest BCUT2D eigenvalue weighted by Gasteiger charge is 2.30. The number of nitrogens with zero attached hydrogens (tertiary/aromatic N) is 4. The summed E-state index contributed by atoms with van der Waals surface area (Å²) in [6, 6.07) is 65.6. The second kappa shape index (κ2) is 11.8. The van der Waals surface area contributed by atoms with E-state index in [-0.39, 0.29) is 0 Å². The molecule has 4 bridgehead atoms. The Bertz CT molecular complexity index is 3910. The molecule has 278 valence electrons. The molecule has 0 saturated heterocycles. The lowest BCUT2D eigenvalue weighted by molar-refractivity contribution is 0.667. The Labute approximate surface area is 343 Å². The van der Waals surface area contributed by atoms with Gasteiger partial charge in [0.25, 0.3) is 0 Å². The van der Waals surface area contributed by atoms with Gasteiger partial charge in [0, 0.05) is 49.9 Å². The molecule has 0 N–H and O–H groups in total. The van der Waals surface area contributed by atoms with Crippen LogP contribution in [0.1, 0.15) is 23.1 Å². The number of aliphatic imine (C=N–C) groups is 2. The summed E-state index contributed by atoms with van der Waals surface area (Å²) in [4.78, 5) is 11.4. The maximum Gasteiger partial charge on any atom is 0.235 e. The number of furan rings is 1. The summed E-state index contributed by atoms with van der Waals surface area (Å²) in [5.41, 5.74) is 13.2. The average Bonchev–Trinajstić information content (AvgIpc) is 3.89. The molecular formula is C55H32N4O. The molecule has 14 rings (SSSR count). The molecular weight excluding hydrogens is 733 g/mol. The summed E-state index contributed by atoms with van der Waals surface area (Å²) in [6.07, 6.45) is 0.564. The number of hydrogen-bond donors (Lipinski definition) is 0. The summed E-state index contributed by atoms with van der Waals surface area (Å²) < 4.78 is 11.9. The minimum absolute atomic E-state index is 0.564. The van der Waals surface area contributed by atoms with Gasteiger partial charge in [-0.05, 0) is 81.2 Å². The molecule has 60 heavy (non-hydrogen) atoms. The predicted octanol–water partition coefficient (Wildman–Crippen LogP) is 14.1. The van der Waals surface area contributed by atoms with Crippen LogP contribution in [0.3, 0.4) is 0 Å². The van der Waals surface area contributed by atoms with Crippen molar-refractivity contribution in [2.75, 3.05) is 0 Å². The molecule has 2 aliphatic heterocycles. The van der Waals surface area contributed by atoms with Gasteiger partial charge in [0.05, 0.1) is 39.2 Å². The highest BCUT2D eigenvalue weighted by atomic mass is 16.3. The van der Waals surface area contributed by atoms with Gasteiger partial charge in [-0.2, -0.15) is 0 Å². The molecule has 0 fully saturated rings. The molecule has 12 aromatic rings. The van der Waals surface area contributed by atoms with Crippen LogP contribution in [0.4, 0.5) is 0 Å². The normalized spacial score (nSPS) is 14.1. The van der Waals surface area contributed by atoms with E-state index in [0.29, 0.717) is 12.4 Å². The monoisotopic (exact) mass is 764 g/mol. The van der Waals surface area contributed by atoms with Gasteiger partial charge in [0.2, 0.25) is 5.96 Å². The minimum atomic E-state index is 0.564. The van der Waals surface area contributed by atoms with E-state index in [4.69, 9.17) is 14.4 Å². The molecule has 0 aliphatic carbocycles. The van der Waals surface area contributed by atoms with Crippen LogP contribution >= 0.6 is 0 Å². The van der Waals surface area contributed by atoms with Gasteiger partial charge in [-0.25, -0.2) is 9.98 Å². The van der Waals surface area contributed by atoms with Crippen molar-refractivity contribution >= 4 is 110 Å². The van der Waals surface area contributed by atoms with Gasteiger partial charge < -0.3 is 8.98 Å². The van der Waals surface area contributed by atoms with Crippen LogP contribution in [-0.4, -0.2) is 20.8 Å². The number of para-hydroxylation sites is 2. The Morgan fingerprint density at radius 3 is 1.77 bits per heavy atom. The first-order valence-corrected chi connectivity index (χ1v) is 20.5. The largest absolute Gasteiger partial charge is 0.454 e. The Hall–Kier alpha value is -8.02. The molecule has 0 radical (unpaired) electrons. The Kier molecular flexibility index (Phi) is 6.28. The first-order chi connectivity index (χ1) is 29.7. The highest BCUT2D eigenvalue weighted by molar-refractivity contribution is 6.26. The van der Waals surface area contributed by atoms with Crippen LogP contribution in [0.2, 0.25) is 0 Å². The summed E-state index contributed by atoms with van der Waals surface area (Å²) in [7, 11) is 0. The fourth-order valence-corrected chi connectivity index (χ4v) is 10.2. The third-order valence-corrected chi connectivity index (χ3v) is 12.9. The molecule has 0 saturated carbocycles. The molecule has 5 heteroatoms. The Morgan fingerprint density at radius 2 is 1.02 bits per heavy atom. The maximum absolute atomic E-state index is 7.16. The lowest BCUT2D eigenvalue weighted by atomic mass is 9.92. The molecule has 0 unspecified atom stereocenters. The fourth-order valence-electron chi connectivity index (χ4n) is 10.2. The second-order valence-corrected chi connectivity index (χ2v) is 16.1. The van der Waals surface area contributed by atoms with E-state index < -0.39 is 0 Å². The number of aromatic nitrogens is 2. The van der Waals surface area contributed by atoms with Gasteiger partial charge >= 0.3 is 0 Å². The zero-order chi connectivity index (χ0) is 39.1. The van der Waals surface area contributed by atoms with Crippen molar-refractivity contribution < 1.29 is 4.42 Å². The van der Waals surface area contributed by atoms with Crippen LogP contribution in [0.15, 0.2) is 196 Å². The van der Waals surface area contributed by atoms with E-state index in [1.165, 1.54) is 37.7 Å². The third-order valence-electron chi connectivity index (χ3n) is 12.9. The molecule has 0 amide bonds. The van der Waals surface area contributed by atoms with E-state index in [9.17, 15) is 0 Å². The van der Waals surface area contributed by atoms with Crippen LogP contribution in [0.25, 0.3) is 104 Å². The van der Waals surface area contributed by atoms with Crippen molar-refractivity contribution in [2.24, 2.45) is 9.98 Å². The predicted molar refractivity (Wildman–Crippen MR) is 250 cm³/mol. The molecule has 2 aliphatic rings. The number of benzene rings is 9. The molecule has 5 nitrogen and oxygen atoms in total. The van der Waals surface area contributed by atoms with Crippen molar-refractivity contribution in [1.82, 2.24) is 9.13 Å². The van der Waals surface area contributed by atoms with Crippen molar-refractivity contribution in [2.45, 2.75) is 6.42 Å². The van der Waals surface area contributed by atoms with Gasteiger partial charge in [-0.3, -0.25) is 4.57 Å². The fraction of sp³-hybridized carbons (Fsp3) is 0.0182. The van der Waals surface area contributed by atoms with Crippen molar-refractivity contribution in [3.05, 3.63) is 199 Å². The topological polar surface area (TPSA) is 47.7 Å². The first-order valence-electron chi connectivity index (χ1n) is 20.5. The van der Waals surface area contributed by atoms with E-state index in [2.05, 4.69) is 191 Å². The SMILES string of the molecule is c1ccc(C2=C3CC(=NC(n4c5ccccc5c5ccccc54)=N2)c2ccc4c(oc5cc6ccccc6cc54)c2-n2c4cc3ccc4c3cc4ccccc4cc32)cc1. The lowest BCUT2D eigenvalue weighted by Gasteiger charge is -2.16.